The van der Waals surface area contributed by atoms with E-state index in [9.17, 15) is 4.79 Å². The minimum Gasteiger partial charge on any atom is -0.454 e. The van der Waals surface area contributed by atoms with E-state index in [-0.39, 0.29) is 12.7 Å². The Labute approximate surface area is 181 Å². The lowest BCUT2D eigenvalue weighted by atomic mass is 10.1. The summed E-state index contributed by atoms with van der Waals surface area (Å²) < 4.78 is 16.7. The van der Waals surface area contributed by atoms with Crippen molar-refractivity contribution in [3.05, 3.63) is 65.9 Å². The van der Waals surface area contributed by atoms with Crippen LogP contribution < -0.4 is 14.4 Å². The Kier molecular flexibility index (Phi) is 5.69. The van der Waals surface area contributed by atoms with Gasteiger partial charge in [0.25, 0.3) is 5.91 Å². The van der Waals surface area contributed by atoms with Gasteiger partial charge in [-0.05, 0) is 18.2 Å². The SMILES string of the molecule is O=C(c1cccc2cccnc12)N(CC[NH+]1CCOCC1)Cc1cccc2c1OCO2. The molecule has 1 fully saturated rings. The molecule has 0 bridgehead atoms. The molecule has 1 saturated heterocycles. The monoisotopic (exact) mass is 420 g/mol. The fraction of sp³-hybridized carbons (Fsp3) is 0.333. The highest BCUT2D eigenvalue weighted by Gasteiger charge is 2.25. The molecule has 7 nitrogen and oxygen atoms in total. The molecule has 7 heteroatoms. The molecule has 0 spiro atoms. The maximum atomic E-state index is 13.7. The van der Waals surface area contributed by atoms with E-state index in [1.807, 2.05) is 53.4 Å². The van der Waals surface area contributed by atoms with Crippen LogP contribution >= 0.6 is 0 Å². The molecule has 160 valence electrons. The van der Waals surface area contributed by atoms with Gasteiger partial charge < -0.3 is 24.0 Å². The molecule has 2 aliphatic heterocycles. The third kappa shape index (κ3) is 4.19. The molecule has 1 N–H and O–H groups in total. The summed E-state index contributed by atoms with van der Waals surface area (Å²) in [5, 5.41) is 0.962. The van der Waals surface area contributed by atoms with Crippen molar-refractivity contribution in [1.29, 1.82) is 0 Å². The van der Waals surface area contributed by atoms with E-state index in [1.54, 1.807) is 6.20 Å². The normalized spacial score (nSPS) is 15.9. The number of morpholine rings is 1. The molecule has 0 saturated carbocycles. The highest BCUT2D eigenvalue weighted by atomic mass is 16.7. The smallest absolute Gasteiger partial charge is 0.256 e. The number of ether oxygens (including phenoxy) is 3. The number of hydrogen-bond acceptors (Lipinski definition) is 5. The molecule has 2 aromatic carbocycles. The van der Waals surface area contributed by atoms with Gasteiger partial charge in [-0.25, -0.2) is 0 Å². The van der Waals surface area contributed by atoms with Crippen LogP contribution in [0.4, 0.5) is 0 Å². The van der Waals surface area contributed by atoms with Crippen LogP contribution in [0.25, 0.3) is 10.9 Å². The van der Waals surface area contributed by atoms with E-state index in [4.69, 9.17) is 14.2 Å². The first-order chi connectivity index (χ1) is 15.3. The first-order valence-corrected chi connectivity index (χ1v) is 10.7. The summed E-state index contributed by atoms with van der Waals surface area (Å²) in [4.78, 5) is 21.6. The number of quaternary nitrogens is 1. The zero-order valence-electron chi connectivity index (χ0n) is 17.4. The van der Waals surface area contributed by atoms with Crippen molar-refractivity contribution in [3.63, 3.8) is 0 Å². The van der Waals surface area contributed by atoms with E-state index >= 15 is 0 Å². The number of nitrogens with zero attached hydrogens (tertiary/aromatic N) is 2. The number of para-hydroxylation sites is 2. The number of aromatic nitrogens is 1. The highest BCUT2D eigenvalue weighted by Crippen LogP contribution is 2.36. The maximum absolute atomic E-state index is 13.7. The van der Waals surface area contributed by atoms with Gasteiger partial charge in [0.1, 0.15) is 13.1 Å². The van der Waals surface area contributed by atoms with Crippen LogP contribution in [0.1, 0.15) is 15.9 Å². The van der Waals surface area contributed by atoms with E-state index < -0.39 is 0 Å². The van der Waals surface area contributed by atoms with Crippen LogP contribution in [0.2, 0.25) is 0 Å². The topological polar surface area (TPSA) is 65.3 Å². The van der Waals surface area contributed by atoms with Crippen LogP contribution in [0.5, 0.6) is 11.5 Å². The van der Waals surface area contributed by atoms with Crippen molar-refractivity contribution in [1.82, 2.24) is 9.88 Å². The average molecular weight is 420 g/mol. The van der Waals surface area contributed by atoms with Crippen LogP contribution in [0, 0.1) is 0 Å². The van der Waals surface area contributed by atoms with Crippen molar-refractivity contribution in [2.45, 2.75) is 6.54 Å². The van der Waals surface area contributed by atoms with E-state index in [0.29, 0.717) is 18.7 Å². The summed E-state index contributed by atoms with van der Waals surface area (Å²) in [6.45, 7) is 5.66. The van der Waals surface area contributed by atoms with Crippen LogP contribution in [-0.2, 0) is 11.3 Å². The molecule has 2 aliphatic rings. The summed E-state index contributed by atoms with van der Waals surface area (Å²) in [5.41, 5.74) is 2.31. The van der Waals surface area contributed by atoms with Crippen LogP contribution in [0.15, 0.2) is 54.7 Å². The second-order valence-electron chi connectivity index (χ2n) is 7.87. The Hall–Kier alpha value is -3.16. The first kappa shape index (κ1) is 19.8. The zero-order chi connectivity index (χ0) is 21.0. The molecule has 0 unspecified atom stereocenters. The van der Waals surface area contributed by atoms with Gasteiger partial charge in [-0.2, -0.15) is 0 Å². The van der Waals surface area contributed by atoms with Gasteiger partial charge in [0.2, 0.25) is 6.79 Å². The number of nitrogens with one attached hydrogen (secondary N) is 1. The molecule has 1 aromatic heterocycles. The fourth-order valence-electron chi connectivity index (χ4n) is 4.22. The summed E-state index contributed by atoms with van der Waals surface area (Å²) >= 11 is 0. The summed E-state index contributed by atoms with van der Waals surface area (Å²) in [7, 11) is 0. The molecule has 0 radical (unpaired) electrons. The summed E-state index contributed by atoms with van der Waals surface area (Å²) in [6.07, 6.45) is 1.73. The predicted molar refractivity (Wildman–Crippen MR) is 115 cm³/mol. The standard InChI is InChI=1S/C24H25N3O4/c28-24(20-7-1-4-18-6-3-9-25-22(18)20)27(11-10-26-12-14-29-15-13-26)16-19-5-2-8-21-23(19)31-17-30-21/h1-9H,10-17H2/p+1. The van der Waals surface area contributed by atoms with Gasteiger partial charge in [0.05, 0.1) is 43.9 Å². The molecule has 5 rings (SSSR count). The average Bonchev–Trinajstić information content (AvgIpc) is 3.31. The quantitative estimate of drug-likeness (QED) is 0.655. The second-order valence-corrected chi connectivity index (χ2v) is 7.87. The van der Waals surface area contributed by atoms with Gasteiger partial charge in [-0.3, -0.25) is 9.78 Å². The molecular formula is C24H26N3O4+. The third-order valence-corrected chi connectivity index (χ3v) is 5.92. The number of amides is 1. The van der Waals surface area contributed by atoms with Gasteiger partial charge >= 0.3 is 0 Å². The van der Waals surface area contributed by atoms with Crippen LogP contribution in [-0.4, -0.2) is 62.0 Å². The third-order valence-electron chi connectivity index (χ3n) is 5.92. The molecule has 3 heterocycles. The summed E-state index contributed by atoms with van der Waals surface area (Å²) in [6, 6.07) is 15.5. The second kappa shape index (κ2) is 8.91. The molecule has 3 aromatic rings. The minimum absolute atomic E-state index is 0.0199. The Balaban J connectivity index is 1.44. The molecule has 0 atom stereocenters. The van der Waals surface area contributed by atoms with Gasteiger partial charge in [-0.15, -0.1) is 0 Å². The van der Waals surface area contributed by atoms with E-state index in [2.05, 4.69) is 4.98 Å². The Morgan fingerprint density at radius 3 is 2.77 bits per heavy atom. The van der Waals surface area contributed by atoms with E-state index in [0.717, 1.165) is 60.8 Å². The van der Waals surface area contributed by atoms with Crippen molar-refractivity contribution in [2.24, 2.45) is 0 Å². The zero-order valence-corrected chi connectivity index (χ0v) is 17.4. The highest BCUT2D eigenvalue weighted by molar-refractivity contribution is 6.05. The first-order valence-electron chi connectivity index (χ1n) is 10.7. The molecular weight excluding hydrogens is 394 g/mol. The molecule has 31 heavy (non-hydrogen) atoms. The Morgan fingerprint density at radius 1 is 1.03 bits per heavy atom. The number of pyridine rings is 1. The van der Waals surface area contributed by atoms with E-state index in [1.165, 1.54) is 4.90 Å². The lowest BCUT2D eigenvalue weighted by Gasteiger charge is -2.28. The number of fused-ring (bicyclic) bond motifs is 2. The molecule has 1 amide bonds. The summed E-state index contributed by atoms with van der Waals surface area (Å²) in [5.74, 6) is 1.44. The number of carbonyl (C=O) groups is 1. The number of benzene rings is 2. The fourth-order valence-corrected chi connectivity index (χ4v) is 4.22. The Bertz CT molecular complexity index is 1080. The maximum Gasteiger partial charge on any atom is 0.256 e. The number of rotatable bonds is 6. The molecule has 0 aliphatic carbocycles. The Morgan fingerprint density at radius 2 is 1.87 bits per heavy atom. The number of hydrogen-bond donors (Lipinski definition) is 1. The lowest BCUT2D eigenvalue weighted by Crippen LogP contribution is -3.14. The lowest BCUT2D eigenvalue weighted by molar-refractivity contribution is -0.907. The van der Waals surface area contributed by atoms with Gasteiger partial charge in [0, 0.05) is 17.1 Å². The predicted octanol–water partition coefficient (Wildman–Crippen LogP) is 1.52. The number of carbonyl (C=O) groups excluding carboxylic acids is 1. The van der Waals surface area contributed by atoms with Crippen molar-refractivity contribution in [3.8, 4) is 11.5 Å². The van der Waals surface area contributed by atoms with Gasteiger partial charge in [0.15, 0.2) is 11.5 Å². The van der Waals surface area contributed by atoms with Crippen LogP contribution in [0.3, 0.4) is 0 Å². The van der Waals surface area contributed by atoms with Gasteiger partial charge in [-0.1, -0.05) is 30.3 Å². The largest absolute Gasteiger partial charge is 0.454 e. The minimum atomic E-state index is -0.0199. The van der Waals surface area contributed by atoms with Crippen molar-refractivity contribution in [2.75, 3.05) is 46.2 Å². The van der Waals surface area contributed by atoms with Crippen molar-refractivity contribution >= 4 is 16.8 Å². The van der Waals surface area contributed by atoms with Crippen molar-refractivity contribution < 1.29 is 23.9 Å².